The molecule has 0 aliphatic carbocycles. The van der Waals surface area contributed by atoms with Crippen molar-refractivity contribution >= 4 is 23.4 Å². The zero-order valence-corrected chi connectivity index (χ0v) is 13.3. The summed E-state index contributed by atoms with van der Waals surface area (Å²) in [4.78, 5) is 22.0. The number of non-ortho nitro benzene ring substituents is 1. The number of rotatable bonds is 6. The van der Waals surface area contributed by atoms with Crippen molar-refractivity contribution in [3.63, 3.8) is 0 Å². The summed E-state index contributed by atoms with van der Waals surface area (Å²) in [5.41, 5.74) is 0.00847. The molecule has 4 atom stereocenters. The summed E-state index contributed by atoms with van der Waals surface area (Å²) in [6.07, 6.45) is -2.64. The monoisotopic (exact) mass is 354 g/mol. The van der Waals surface area contributed by atoms with Crippen molar-refractivity contribution in [2.45, 2.75) is 23.7 Å². The Morgan fingerprint density at radius 2 is 2.17 bits per heavy atom. The van der Waals surface area contributed by atoms with Crippen LogP contribution in [0.15, 0.2) is 24.3 Å². The van der Waals surface area contributed by atoms with Gasteiger partial charge < -0.3 is 19.3 Å². The average Bonchev–Trinajstić information content (AvgIpc) is 2.89. The van der Waals surface area contributed by atoms with Gasteiger partial charge in [-0.2, -0.15) is 5.26 Å². The predicted molar refractivity (Wildman–Crippen MR) is 82.0 cm³/mol. The number of aliphatic hydroxyl groups excluding tert-OH is 1. The number of hydrogen-bond acceptors (Lipinski definition) is 9. The highest BCUT2D eigenvalue weighted by Gasteiger charge is 2.45. The van der Waals surface area contributed by atoms with Crippen LogP contribution in [-0.4, -0.2) is 53.5 Å². The average molecular weight is 354 g/mol. The number of nitriles is 1. The molecule has 1 fully saturated rings. The highest BCUT2D eigenvalue weighted by Crippen LogP contribution is 2.31. The highest BCUT2D eigenvalue weighted by molar-refractivity contribution is 8.04. The van der Waals surface area contributed by atoms with Gasteiger partial charge in [-0.3, -0.25) is 10.1 Å². The first kappa shape index (κ1) is 18.2. The number of nitro benzene ring substituents is 1. The summed E-state index contributed by atoms with van der Waals surface area (Å²) >= 11 is 0.811. The first-order valence-electron chi connectivity index (χ1n) is 6.80. The van der Waals surface area contributed by atoms with Gasteiger partial charge in [0, 0.05) is 19.2 Å². The molecule has 0 bridgehead atoms. The van der Waals surface area contributed by atoms with Crippen molar-refractivity contribution in [1.29, 1.82) is 5.26 Å². The topological polar surface area (TPSA) is 132 Å². The van der Waals surface area contributed by atoms with E-state index in [4.69, 9.17) is 19.5 Å². The van der Waals surface area contributed by atoms with Gasteiger partial charge in [0.1, 0.15) is 24.2 Å². The second-order valence-corrected chi connectivity index (χ2v) is 5.81. The number of nitrogens with zero attached hydrogens (tertiary/aromatic N) is 2. The number of esters is 1. The standard InChI is InChI=1S/C14H14N2O7S/c1-21-14-11(17)12(24-7-15)10(23-14)6-22-13(18)8-2-4-9(5-3-8)16(19)20/h2-5,10-12,14,17H,6H2,1H3/t10-,11-,12+,14+/m0/s1. The first-order chi connectivity index (χ1) is 11.5. The zero-order valence-electron chi connectivity index (χ0n) is 12.5. The van der Waals surface area contributed by atoms with E-state index in [1.165, 1.54) is 31.4 Å². The second-order valence-electron chi connectivity index (χ2n) is 4.85. The Kier molecular flexibility index (Phi) is 6.10. The summed E-state index contributed by atoms with van der Waals surface area (Å²) in [5, 5.41) is 30.6. The minimum Gasteiger partial charge on any atom is -0.459 e. The third kappa shape index (κ3) is 4.01. The molecule has 1 aromatic carbocycles. The predicted octanol–water partition coefficient (Wildman–Crippen LogP) is 1.07. The van der Waals surface area contributed by atoms with Gasteiger partial charge in [0.25, 0.3) is 5.69 Å². The number of hydrogen-bond donors (Lipinski definition) is 1. The SMILES string of the molecule is CO[C@@H]1O[C@@H](COC(=O)c2ccc([N+](=O)[O-])cc2)[C@@H](SC#N)[C@@H]1O. The number of thioether (sulfide) groups is 1. The van der Waals surface area contributed by atoms with Crippen LogP contribution in [0.1, 0.15) is 10.4 Å². The smallest absolute Gasteiger partial charge is 0.338 e. The number of benzene rings is 1. The Balaban J connectivity index is 1.97. The molecule has 0 spiro atoms. The van der Waals surface area contributed by atoms with E-state index in [9.17, 15) is 20.0 Å². The van der Waals surface area contributed by atoms with Gasteiger partial charge in [-0.25, -0.2) is 4.79 Å². The van der Waals surface area contributed by atoms with E-state index in [2.05, 4.69) is 0 Å². The van der Waals surface area contributed by atoms with Crippen molar-refractivity contribution in [1.82, 2.24) is 0 Å². The summed E-state index contributed by atoms with van der Waals surface area (Å²) < 4.78 is 15.5. The third-order valence-electron chi connectivity index (χ3n) is 3.40. The summed E-state index contributed by atoms with van der Waals surface area (Å²) in [6.45, 7) is -0.188. The number of ether oxygens (including phenoxy) is 3. The van der Waals surface area contributed by atoms with Gasteiger partial charge in [-0.05, 0) is 23.9 Å². The number of methoxy groups -OCH3 is 1. The molecule has 1 aromatic rings. The molecule has 0 amide bonds. The van der Waals surface area contributed by atoms with Gasteiger partial charge in [-0.15, -0.1) is 0 Å². The molecule has 24 heavy (non-hydrogen) atoms. The van der Waals surface area contributed by atoms with E-state index in [-0.39, 0.29) is 17.9 Å². The van der Waals surface area contributed by atoms with Crippen LogP contribution in [-0.2, 0) is 14.2 Å². The van der Waals surface area contributed by atoms with Crippen molar-refractivity contribution in [2.24, 2.45) is 0 Å². The lowest BCUT2D eigenvalue weighted by molar-refractivity contribution is -0.384. The number of carbonyl (C=O) groups is 1. The van der Waals surface area contributed by atoms with Gasteiger partial charge >= 0.3 is 5.97 Å². The van der Waals surface area contributed by atoms with Gasteiger partial charge in [0.15, 0.2) is 6.29 Å². The van der Waals surface area contributed by atoms with Crippen LogP contribution in [0.5, 0.6) is 0 Å². The van der Waals surface area contributed by atoms with E-state index in [0.717, 1.165) is 11.8 Å². The lowest BCUT2D eigenvalue weighted by Gasteiger charge is -2.16. The van der Waals surface area contributed by atoms with Crippen LogP contribution < -0.4 is 0 Å². The van der Waals surface area contributed by atoms with Crippen LogP contribution in [0.4, 0.5) is 5.69 Å². The Morgan fingerprint density at radius 3 is 2.71 bits per heavy atom. The maximum atomic E-state index is 12.0. The fourth-order valence-electron chi connectivity index (χ4n) is 2.20. The van der Waals surface area contributed by atoms with Gasteiger partial charge in [0.2, 0.25) is 0 Å². The van der Waals surface area contributed by atoms with Gasteiger partial charge in [-0.1, -0.05) is 0 Å². The normalized spacial score (nSPS) is 25.9. The Labute approximate surface area is 141 Å². The summed E-state index contributed by atoms with van der Waals surface area (Å²) in [6, 6.07) is 4.96. The molecule has 0 aromatic heterocycles. The molecule has 1 N–H and O–H groups in total. The van der Waals surface area contributed by atoms with E-state index < -0.39 is 34.6 Å². The zero-order chi connectivity index (χ0) is 17.7. The van der Waals surface area contributed by atoms with Gasteiger partial charge in [0.05, 0.1) is 15.7 Å². The Hall–Kier alpha value is -2.19. The lowest BCUT2D eigenvalue weighted by Crippen LogP contribution is -2.32. The maximum Gasteiger partial charge on any atom is 0.338 e. The van der Waals surface area contributed by atoms with E-state index in [1.807, 2.05) is 5.40 Å². The van der Waals surface area contributed by atoms with Crippen molar-refractivity contribution < 1.29 is 29.0 Å². The summed E-state index contributed by atoms with van der Waals surface area (Å²) in [7, 11) is 1.35. The fraction of sp³-hybridized carbons (Fsp3) is 0.429. The molecular formula is C14H14N2O7S. The quantitative estimate of drug-likeness (QED) is 0.345. The Bertz CT molecular complexity index is 646. The molecule has 1 aliphatic heterocycles. The molecule has 1 heterocycles. The molecule has 10 heteroatoms. The molecule has 9 nitrogen and oxygen atoms in total. The van der Waals surface area contributed by atoms with Crippen LogP contribution in [0.2, 0.25) is 0 Å². The molecule has 0 saturated carbocycles. The molecule has 1 saturated heterocycles. The van der Waals surface area contributed by atoms with Crippen LogP contribution in [0, 0.1) is 20.8 Å². The number of aliphatic hydroxyl groups is 1. The molecule has 0 radical (unpaired) electrons. The molecule has 2 rings (SSSR count). The minimum atomic E-state index is -1.03. The number of thiocyanates is 1. The van der Waals surface area contributed by atoms with E-state index in [1.54, 1.807) is 0 Å². The van der Waals surface area contributed by atoms with Crippen molar-refractivity contribution in [3.8, 4) is 5.40 Å². The van der Waals surface area contributed by atoms with Crippen molar-refractivity contribution in [2.75, 3.05) is 13.7 Å². The molecule has 0 unspecified atom stereocenters. The number of nitro groups is 1. The van der Waals surface area contributed by atoms with Crippen LogP contribution in [0.3, 0.4) is 0 Å². The lowest BCUT2D eigenvalue weighted by atomic mass is 10.2. The van der Waals surface area contributed by atoms with E-state index >= 15 is 0 Å². The van der Waals surface area contributed by atoms with Crippen LogP contribution >= 0.6 is 11.8 Å². The third-order valence-corrected chi connectivity index (χ3v) is 4.36. The molecule has 128 valence electrons. The maximum absolute atomic E-state index is 12.0. The molecular weight excluding hydrogens is 340 g/mol. The largest absolute Gasteiger partial charge is 0.459 e. The molecule has 1 aliphatic rings. The Morgan fingerprint density at radius 1 is 1.50 bits per heavy atom. The second kappa shape index (κ2) is 8.07. The van der Waals surface area contributed by atoms with Crippen LogP contribution in [0.25, 0.3) is 0 Å². The minimum absolute atomic E-state index is 0.137. The van der Waals surface area contributed by atoms with Crippen molar-refractivity contribution in [3.05, 3.63) is 39.9 Å². The fourth-order valence-corrected chi connectivity index (χ4v) is 2.88. The first-order valence-corrected chi connectivity index (χ1v) is 7.68. The van der Waals surface area contributed by atoms with E-state index in [0.29, 0.717) is 0 Å². The summed E-state index contributed by atoms with van der Waals surface area (Å²) in [5.74, 6) is -0.690. The number of carbonyl (C=O) groups excluding carboxylic acids is 1. The highest BCUT2D eigenvalue weighted by atomic mass is 32.2.